The van der Waals surface area contributed by atoms with Crippen LogP contribution in [-0.2, 0) is 4.79 Å². The molecule has 1 aliphatic heterocycles. The van der Waals surface area contributed by atoms with Crippen molar-refractivity contribution in [1.29, 1.82) is 0 Å². The Morgan fingerprint density at radius 2 is 2.22 bits per heavy atom. The molecular weight excluding hydrogens is 294 g/mol. The van der Waals surface area contributed by atoms with Crippen molar-refractivity contribution in [3.8, 4) is 0 Å². The molecule has 90 valence electrons. The molecule has 1 aliphatic rings. The quantitative estimate of drug-likeness (QED) is 0.896. The van der Waals surface area contributed by atoms with Crippen LogP contribution in [0, 0.1) is 0 Å². The zero-order valence-corrected chi connectivity index (χ0v) is 11.0. The largest absolute Gasteiger partial charge is 0.355 e. The lowest BCUT2D eigenvalue weighted by atomic mass is 10.2. The zero-order valence-electron chi connectivity index (χ0n) is 9.40. The van der Waals surface area contributed by atoms with Crippen molar-refractivity contribution in [2.45, 2.75) is 0 Å². The Morgan fingerprint density at radius 1 is 1.33 bits per heavy atom. The van der Waals surface area contributed by atoms with Gasteiger partial charge in [0.25, 0.3) is 0 Å². The van der Waals surface area contributed by atoms with Crippen molar-refractivity contribution in [3.63, 3.8) is 0 Å². The van der Waals surface area contributed by atoms with Gasteiger partial charge in [-0.3, -0.25) is 9.78 Å². The summed E-state index contributed by atoms with van der Waals surface area (Å²) >= 11 is 3.50. The van der Waals surface area contributed by atoms with Gasteiger partial charge in [0.2, 0.25) is 5.91 Å². The molecule has 1 aromatic carbocycles. The lowest BCUT2D eigenvalue weighted by molar-refractivity contribution is -0.115. The van der Waals surface area contributed by atoms with Crippen molar-refractivity contribution in [3.05, 3.63) is 46.7 Å². The van der Waals surface area contributed by atoms with Gasteiger partial charge in [-0.15, -0.1) is 0 Å². The predicted molar refractivity (Wildman–Crippen MR) is 74.2 cm³/mol. The third-order valence-corrected chi connectivity index (χ3v) is 3.46. The van der Waals surface area contributed by atoms with E-state index in [4.69, 9.17) is 0 Å². The second kappa shape index (κ2) is 4.42. The van der Waals surface area contributed by atoms with E-state index in [-0.39, 0.29) is 5.91 Å². The number of halogens is 1. The molecule has 2 aromatic rings. The van der Waals surface area contributed by atoms with Crippen molar-refractivity contribution in [2.24, 2.45) is 0 Å². The van der Waals surface area contributed by atoms with Gasteiger partial charge in [0.15, 0.2) is 0 Å². The second-order valence-corrected chi connectivity index (χ2v) is 4.86. The molecule has 2 N–H and O–H groups in total. The topological polar surface area (TPSA) is 54.0 Å². The number of amides is 1. The van der Waals surface area contributed by atoms with Gasteiger partial charge in [0, 0.05) is 27.8 Å². The van der Waals surface area contributed by atoms with Gasteiger partial charge in [-0.2, -0.15) is 0 Å². The molecule has 0 bridgehead atoms. The fourth-order valence-electron chi connectivity index (χ4n) is 1.93. The number of pyridine rings is 1. The van der Waals surface area contributed by atoms with Gasteiger partial charge in [-0.1, -0.05) is 22.0 Å². The minimum absolute atomic E-state index is 0.0631. The van der Waals surface area contributed by atoms with E-state index in [1.807, 2.05) is 24.3 Å². The Balaban J connectivity index is 2.05. The van der Waals surface area contributed by atoms with Crippen LogP contribution in [0.3, 0.4) is 0 Å². The minimum Gasteiger partial charge on any atom is -0.355 e. The number of hydrogen-bond acceptors (Lipinski definition) is 3. The average Bonchev–Trinajstić information content (AvgIpc) is 2.79. The van der Waals surface area contributed by atoms with Crippen LogP contribution < -0.4 is 10.6 Å². The first-order chi connectivity index (χ1) is 8.74. The number of anilines is 1. The van der Waals surface area contributed by atoms with Crippen LogP contribution >= 0.6 is 15.9 Å². The standard InChI is InChI=1S/C13H10BrN3O/c14-10-3-4-11(13-9(10)2-1-5-15-13)17-8-6-12(18)16-7-8/h1-6,17H,7H2,(H,16,18). The maximum Gasteiger partial charge on any atom is 0.246 e. The molecule has 0 radical (unpaired) electrons. The summed E-state index contributed by atoms with van der Waals surface area (Å²) in [5.41, 5.74) is 2.64. The molecule has 1 amide bonds. The maximum atomic E-state index is 11.1. The van der Waals surface area contributed by atoms with Crippen LogP contribution in [0.1, 0.15) is 0 Å². The van der Waals surface area contributed by atoms with Crippen molar-refractivity contribution >= 4 is 38.4 Å². The number of hydrogen-bond donors (Lipinski definition) is 2. The molecule has 0 unspecified atom stereocenters. The van der Waals surface area contributed by atoms with E-state index in [2.05, 4.69) is 31.5 Å². The van der Waals surface area contributed by atoms with Gasteiger partial charge in [0.1, 0.15) is 0 Å². The number of carbonyl (C=O) groups excluding carboxylic acids is 1. The maximum absolute atomic E-state index is 11.1. The summed E-state index contributed by atoms with van der Waals surface area (Å²) in [4.78, 5) is 15.5. The number of nitrogens with zero attached hydrogens (tertiary/aromatic N) is 1. The molecular formula is C13H10BrN3O. The van der Waals surface area contributed by atoms with E-state index in [0.717, 1.165) is 26.8 Å². The lowest BCUT2D eigenvalue weighted by Crippen LogP contribution is -2.16. The summed E-state index contributed by atoms with van der Waals surface area (Å²) in [6, 6.07) is 7.82. The van der Waals surface area contributed by atoms with E-state index < -0.39 is 0 Å². The lowest BCUT2D eigenvalue weighted by Gasteiger charge is -2.10. The number of nitrogens with one attached hydrogen (secondary N) is 2. The average molecular weight is 304 g/mol. The van der Waals surface area contributed by atoms with Crippen LogP contribution in [0.15, 0.2) is 46.7 Å². The fourth-order valence-corrected chi connectivity index (χ4v) is 2.39. The smallest absolute Gasteiger partial charge is 0.246 e. The monoisotopic (exact) mass is 303 g/mol. The van der Waals surface area contributed by atoms with Crippen LogP contribution in [0.5, 0.6) is 0 Å². The first-order valence-corrected chi connectivity index (χ1v) is 6.32. The molecule has 18 heavy (non-hydrogen) atoms. The molecule has 0 spiro atoms. The molecule has 5 heteroatoms. The van der Waals surface area contributed by atoms with Crippen LogP contribution in [-0.4, -0.2) is 17.4 Å². The summed E-state index contributed by atoms with van der Waals surface area (Å²) in [6.07, 6.45) is 3.32. The number of benzene rings is 1. The van der Waals surface area contributed by atoms with E-state index in [1.165, 1.54) is 0 Å². The number of rotatable bonds is 2. The SMILES string of the molecule is O=C1C=C(Nc2ccc(Br)c3cccnc23)CN1. The molecule has 0 atom stereocenters. The first-order valence-electron chi connectivity index (χ1n) is 5.53. The Morgan fingerprint density at radius 3 is 3.00 bits per heavy atom. The molecule has 0 saturated heterocycles. The van der Waals surface area contributed by atoms with E-state index in [1.54, 1.807) is 12.3 Å². The van der Waals surface area contributed by atoms with E-state index >= 15 is 0 Å². The second-order valence-electron chi connectivity index (χ2n) is 4.01. The van der Waals surface area contributed by atoms with E-state index in [0.29, 0.717) is 6.54 Å². The summed E-state index contributed by atoms with van der Waals surface area (Å²) < 4.78 is 1.01. The van der Waals surface area contributed by atoms with Crippen LogP contribution in [0.25, 0.3) is 10.9 Å². The van der Waals surface area contributed by atoms with Gasteiger partial charge in [0.05, 0.1) is 17.7 Å². The van der Waals surface area contributed by atoms with Gasteiger partial charge < -0.3 is 10.6 Å². The molecule has 3 rings (SSSR count). The molecule has 0 aliphatic carbocycles. The summed E-state index contributed by atoms with van der Waals surface area (Å²) in [5.74, 6) is -0.0631. The van der Waals surface area contributed by atoms with Gasteiger partial charge >= 0.3 is 0 Å². The normalized spacial score (nSPS) is 14.5. The van der Waals surface area contributed by atoms with Crippen molar-refractivity contribution < 1.29 is 4.79 Å². The number of carbonyl (C=O) groups is 1. The summed E-state index contributed by atoms with van der Waals surface area (Å²) in [6.45, 7) is 0.531. The Hall–Kier alpha value is -1.88. The summed E-state index contributed by atoms with van der Waals surface area (Å²) in [5, 5.41) is 7.00. The zero-order chi connectivity index (χ0) is 12.5. The summed E-state index contributed by atoms with van der Waals surface area (Å²) in [7, 11) is 0. The highest BCUT2D eigenvalue weighted by molar-refractivity contribution is 9.10. The van der Waals surface area contributed by atoms with Gasteiger partial charge in [-0.25, -0.2) is 0 Å². The number of aromatic nitrogens is 1. The highest BCUT2D eigenvalue weighted by Gasteiger charge is 2.12. The third-order valence-electron chi connectivity index (χ3n) is 2.77. The van der Waals surface area contributed by atoms with E-state index in [9.17, 15) is 4.79 Å². The Kier molecular flexibility index (Phi) is 2.76. The first kappa shape index (κ1) is 11.2. The predicted octanol–water partition coefficient (Wildman–Crippen LogP) is 2.42. The fraction of sp³-hybridized carbons (Fsp3) is 0.0769. The van der Waals surface area contributed by atoms with Crippen molar-refractivity contribution in [1.82, 2.24) is 10.3 Å². The third kappa shape index (κ3) is 1.97. The molecule has 0 saturated carbocycles. The Labute approximate surface area is 112 Å². The van der Waals surface area contributed by atoms with Crippen molar-refractivity contribution in [2.75, 3.05) is 11.9 Å². The van der Waals surface area contributed by atoms with Crippen LogP contribution in [0.2, 0.25) is 0 Å². The Bertz CT molecular complexity index is 666. The highest BCUT2D eigenvalue weighted by atomic mass is 79.9. The molecule has 4 nitrogen and oxygen atoms in total. The molecule has 2 heterocycles. The van der Waals surface area contributed by atoms with Gasteiger partial charge in [-0.05, 0) is 18.2 Å². The minimum atomic E-state index is -0.0631. The highest BCUT2D eigenvalue weighted by Crippen LogP contribution is 2.29. The van der Waals surface area contributed by atoms with Crippen LogP contribution in [0.4, 0.5) is 5.69 Å². The number of fused-ring (bicyclic) bond motifs is 1. The molecule has 0 fully saturated rings. The molecule has 1 aromatic heterocycles.